The number of rotatable bonds is 4. The summed E-state index contributed by atoms with van der Waals surface area (Å²) in [5.74, 6) is 0.996. The first-order valence-electron chi connectivity index (χ1n) is 9.58. The lowest BCUT2D eigenvalue weighted by atomic mass is 9.97. The number of nitrogens with zero attached hydrogens (tertiary/aromatic N) is 4. The molecule has 1 aromatic carbocycles. The molecule has 1 N–H and O–H groups in total. The Morgan fingerprint density at radius 3 is 3.04 bits per heavy atom. The average molecular weight is 442 g/mol. The summed E-state index contributed by atoms with van der Waals surface area (Å²) < 4.78 is 2.91. The molecule has 6 nitrogen and oxygen atoms in total. The molecule has 1 atom stereocenters. The molecule has 2 aromatic heterocycles. The van der Waals surface area contributed by atoms with E-state index in [4.69, 9.17) is 0 Å². The topological polar surface area (TPSA) is 63.1 Å². The van der Waals surface area contributed by atoms with Crippen LogP contribution in [0.4, 0.5) is 5.82 Å². The van der Waals surface area contributed by atoms with Crippen LogP contribution >= 0.6 is 15.9 Å². The molecule has 1 fully saturated rings. The van der Waals surface area contributed by atoms with E-state index in [2.05, 4.69) is 36.2 Å². The molecular formula is C21H24BrN5O. The lowest BCUT2D eigenvalue weighted by Crippen LogP contribution is -2.43. The molecule has 146 valence electrons. The number of aromatic nitrogens is 3. The summed E-state index contributed by atoms with van der Waals surface area (Å²) in [6.07, 6.45) is 3.72. The third kappa shape index (κ3) is 3.76. The average Bonchev–Trinajstić information content (AvgIpc) is 3.00. The monoisotopic (exact) mass is 441 g/mol. The number of carbonyl (C=O) groups is 1. The van der Waals surface area contributed by atoms with Crippen LogP contribution in [0.5, 0.6) is 0 Å². The number of nitrogens with one attached hydrogen (secondary N) is 1. The predicted molar refractivity (Wildman–Crippen MR) is 114 cm³/mol. The Morgan fingerprint density at radius 2 is 2.21 bits per heavy atom. The predicted octanol–water partition coefficient (Wildman–Crippen LogP) is 3.57. The number of pyridine rings is 1. The fourth-order valence-corrected chi connectivity index (χ4v) is 4.42. The van der Waals surface area contributed by atoms with Gasteiger partial charge in [-0.15, -0.1) is 0 Å². The molecular weight excluding hydrogens is 418 g/mol. The van der Waals surface area contributed by atoms with E-state index in [1.54, 1.807) is 0 Å². The number of amides is 1. The Kier molecular flexibility index (Phi) is 5.35. The van der Waals surface area contributed by atoms with Crippen molar-refractivity contribution in [3.8, 4) is 0 Å². The van der Waals surface area contributed by atoms with Crippen molar-refractivity contribution in [1.82, 2.24) is 20.1 Å². The number of carbonyl (C=O) groups excluding carboxylic acids is 1. The number of halogens is 1. The molecule has 0 radical (unpaired) electrons. The summed E-state index contributed by atoms with van der Waals surface area (Å²) >= 11 is 3.47. The highest BCUT2D eigenvalue weighted by Crippen LogP contribution is 2.29. The van der Waals surface area contributed by atoms with Crippen LogP contribution in [0.3, 0.4) is 0 Å². The molecule has 0 saturated carbocycles. The van der Waals surface area contributed by atoms with Crippen molar-refractivity contribution in [1.29, 1.82) is 0 Å². The van der Waals surface area contributed by atoms with Crippen LogP contribution in [-0.2, 0) is 18.4 Å². The molecule has 3 heterocycles. The Bertz CT molecular complexity index is 1020. The number of piperidine rings is 1. The van der Waals surface area contributed by atoms with Crippen molar-refractivity contribution in [2.45, 2.75) is 26.3 Å². The van der Waals surface area contributed by atoms with Gasteiger partial charge in [-0.1, -0.05) is 28.1 Å². The molecule has 0 aliphatic carbocycles. The van der Waals surface area contributed by atoms with Crippen molar-refractivity contribution in [3.63, 3.8) is 0 Å². The van der Waals surface area contributed by atoms with Gasteiger partial charge in [0, 0.05) is 42.7 Å². The fraction of sp³-hybridized carbons (Fsp3) is 0.381. The number of fused-ring (bicyclic) bond motifs is 1. The van der Waals surface area contributed by atoms with Gasteiger partial charge >= 0.3 is 0 Å². The van der Waals surface area contributed by atoms with Crippen molar-refractivity contribution in [2.75, 3.05) is 18.0 Å². The van der Waals surface area contributed by atoms with Crippen molar-refractivity contribution < 1.29 is 4.79 Å². The number of anilines is 1. The minimum atomic E-state index is -0.0349. The Morgan fingerprint density at radius 1 is 1.36 bits per heavy atom. The summed E-state index contributed by atoms with van der Waals surface area (Å²) in [6, 6.07) is 10.0. The lowest BCUT2D eigenvalue weighted by Gasteiger charge is -2.33. The van der Waals surface area contributed by atoms with Gasteiger partial charge in [0.2, 0.25) is 5.91 Å². The van der Waals surface area contributed by atoms with E-state index in [1.165, 1.54) is 0 Å². The molecule has 1 aliphatic rings. The van der Waals surface area contributed by atoms with Gasteiger partial charge in [0.25, 0.3) is 0 Å². The molecule has 0 spiro atoms. The van der Waals surface area contributed by atoms with E-state index in [-0.39, 0.29) is 11.8 Å². The maximum absolute atomic E-state index is 12.8. The normalized spacial score (nSPS) is 17.1. The van der Waals surface area contributed by atoms with Gasteiger partial charge in [0.1, 0.15) is 5.52 Å². The van der Waals surface area contributed by atoms with Gasteiger partial charge in [-0.05, 0) is 43.5 Å². The van der Waals surface area contributed by atoms with Crippen LogP contribution < -0.4 is 10.2 Å². The Labute approximate surface area is 173 Å². The number of hydrogen-bond acceptors (Lipinski definition) is 4. The second-order valence-electron chi connectivity index (χ2n) is 7.37. The number of hydrogen-bond donors (Lipinski definition) is 1. The van der Waals surface area contributed by atoms with Gasteiger partial charge < -0.3 is 10.2 Å². The van der Waals surface area contributed by atoms with Gasteiger partial charge in [-0.2, -0.15) is 5.10 Å². The fourth-order valence-electron chi connectivity index (χ4n) is 3.98. The van der Waals surface area contributed by atoms with E-state index in [1.807, 2.05) is 55.2 Å². The molecule has 7 heteroatoms. The zero-order valence-electron chi connectivity index (χ0n) is 16.2. The van der Waals surface area contributed by atoms with E-state index < -0.39 is 0 Å². The highest BCUT2D eigenvalue weighted by atomic mass is 79.9. The first kappa shape index (κ1) is 18.9. The lowest BCUT2D eigenvalue weighted by molar-refractivity contribution is -0.125. The van der Waals surface area contributed by atoms with Crippen LogP contribution in [0.25, 0.3) is 10.9 Å². The molecule has 1 amide bonds. The third-order valence-corrected chi connectivity index (χ3v) is 5.86. The van der Waals surface area contributed by atoms with Crippen molar-refractivity contribution in [2.24, 2.45) is 13.0 Å². The summed E-state index contributed by atoms with van der Waals surface area (Å²) in [6.45, 7) is 4.15. The Balaban J connectivity index is 1.48. The first-order valence-corrected chi connectivity index (χ1v) is 10.4. The van der Waals surface area contributed by atoms with Gasteiger partial charge in [0.15, 0.2) is 5.82 Å². The van der Waals surface area contributed by atoms with Gasteiger partial charge in [-0.25, -0.2) is 4.98 Å². The van der Waals surface area contributed by atoms with Crippen molar-refractivity contribution >= 4 is 38.6 Å². The van der Waals surface area contributed by atoms with Crippen LogP contribution in [-0.4, -0.2) is 33.8 Å². The minimum absolute atomic E-state index is 0.0349. The number of benzene rings is 1. The van der Waals surface area contributed by atoms with Crippen LogP contribution in [0.2, 0.25) is 0 Å². The zero-order chi connectivity index (χ0) is 19.7. The summed E-state index contributed by atoms with van der Waals surface area (Å²) in [5.41, 5.74) is 3.13. The maximum atomic E-state index is 12.8. The van der Waals surface area contributed by atoms with Crippen LogP contribution in [0.15, 0.2) is 41.0 Å². The highest BCUT2D eigenvalue weighted by molar-refractivity contribution is 9.10. The van der Waals surface area contributed by atoms with Crippen LogP contribution in [0.1, 0.15) is 24.1 Å². The summed E-state index contributed by atoms with van der Waals surface area (Å²) in [7, 11) is 1.95. The largest absolute Gasteiger partial charge is 0.354 e. The Hall–Kier alpha value is -2.41. The molecule has 4 rings (SSSR count). The number of aryl methyl sites for hydroxylation is 2. The van der Waals surface area contributed by atoms with Crippen molar-refractivity contribution in [3.05, 3.63) is 52.3 Å². The minimum Gasteiger partial charge on any atom is -0.354 e. The SMILES string of the molecule is Cc1nn(C)c2c(N3CCC[C@@H](C(=O)NCc4cccc(Br)c4)C3)nccc12. The molecule has 0 unspecified atom stereocenters. The smallest absolute Gasteiger partial charge is 0.225 e. The second kappa shape index (κ2) is 7.91. The van der Waals surface area contributed by atoms with E-state index in [0.29, 0.717) is 13.1 Å². The zero-order valence-corrected chi connectivity index (χ0v) is 17.7. The quantitative estimate of drug-likeness (QED) is 0.671. The molecule has 1 aliphatic heterocycles. The third-order valence-electron chi connectivity index (χ3n) is 5.37. The molecule has 1 saturated heterocycles. The molecule has 3 aromatic rings. The molecule has 0 bridgehead atoms. The van der Waals surface area contributed by atoms with E-state index >= 15 is 0 Å². The summed E-state index contributed by atoms with van der Waals surface area (Å²) in [4.78, 5) is 19.6. The van der Waals surface area contributed by atoms with Crippen LogP contribution in [0, 0.1) is 12.8 Å². The maximum Gasteiger partial charge on any atom is 0.225 e. The summed E-state index contributed by atoms with van der Waals surface area (Å²) in [5, 5.41) is 8.75. The van der Waals surface area contributed by atoms with E-state index in [9.17, 15) is 4.79 Å². The molecule has 28 heavy (non-hydrogen) atoms. The van der Waals surface area contributed by atoms with Gasteiger partial charge in [-0.3, -0.25) is 9.48 Å². The van der Waals surface area contributed by atoms with E-state index in [0.717, 1.165) is 51.8 Å². The first-order chi connectivity index (χ1) is 13.5. The highest BCUT2D eigenvalue weighted by Gasteiger charge is 2.28. The standard InChI is InChI=1S/C21H24BrN5O/c1-14-18-8-9-23-20(19(18)26(2)25-14)27-10-4-6-16(13-27)21(28)24-12-15-5-3-7-17(22)11-15/h3,5,7-9,11,16H,4,6,10,12-13H2,1-2H3,(H,24,28)/t16-/m1/s1. The van der Waals surface area contributed by atoms with Gasteiger partial charge in [0.05, 0.1) is 11.6 Å². The second-order valence-corrected chi connectivity index (χ2v) is 8.29.